The number of para-hydroxylation sites is 3. The summed E-state index contributed by atoms with van der Waals surface area (Å²) in [4.78, 5) is 8.92. The summed E-state index contributed by atoms with van der Waals surface area (Å²) in [5.74, 6) is 0.382. The van der Waals surface area contributed by atoms with E-state index in [4.69, 9.17) is 4.74 Å². The minimum absolute atomic E-state index is 0.269. The Morgan fingerprint density at radius 1 is 1.07 bits per heavy atom. The Morgan fingerprint density at radius 2 is 1.76 bits per heavy atom. The zero-order valence-corrected chi connectivity index (χ0v) is 16.8. The summed E-state index contributed by atoms with van der Waals surface area (Å²) < 4.78 is 34.2. The van der Waals surface area contributed by atoms with Gasteiger partial charge >= 0.3 is 6.55 Å². The van der Waals surface area contributed by atoms with Gasteiger partial charge in [-0.15, -0.1) is 0 Å². The molecule has 7 heteroatoms. The van der Waals surface area contributed by atoms with Crippen LogP contribution >= 0.6 is 0 Å². The Balaban J connectivity index is 1.61. The summed E-state index contributed by atoms with van der Waals surface area (Å²) in [7, 11) is 1.95. The lowest BCUT2D eigenvalue weighted by Gasteiger charge is -2.32. The molecule has 0 radical (unpaired) electrons. The molecule has 1 saturated heterocycles. The van der Waals surface area contributed by atoms with Gasteiger partial charge < -0.3 is 9.64 Å². The lowest BCUT2D eigenvalue weighted by molar-refractivity contribution is 0.0657. The van der Waals surface area contributed by atoms with Crippen LogP contribution in [0.3, 0.4) is 0 Å². The van der Waals surface area contributed by atoms with Crippen LogP contribution in [-0.4, -0.2) is 47.8 Å². The first-order chi connectivity index (χ1) is 14.1. The maximum atomic E-state index is 13.8. The Morgan fingerprint density at radius 3 is 2.52 bits per heavy atom. The van der Waals surface area contributed by atoms with E-state index in [9.17, 15) is 8.78 Å². The molecule has 2 heterocycles. The first-order valence-electron chi connectivity index (χ1n) is 9.92. The molecule has 1 aliphatic rings. The van der Waals surface area contributed by atoms with Crippen molar-refractivity contribution >= 4 is 16.7 Å². The molecule has 1 atom stereocenters. The number of aromatic nitrogens is 2. The van der Waals surface area contributed by atoms with Crippen LogP contribution in [0.1, 0.15) is 30.9 Å². The molecular weight excluding hydrogens is 374 g/mol. The summed E-state index contributed by atoms with van der Waals surface area (Å²) >= 11 is 0. The number of halogens is 2. The van der Waals surface area contributed by atoms with E-state index in [-0.39, 0.29) is 6.04 Å². The first-order valence-corrected chi connectivity index (χ1v) is 9.92. The van der Waals surface area contributed by atoms with Crippen LogP contribution in [0, 0.1) is 0 Å². The molecule has 0 aliphatic carbocycles. The number of rotatable bonds is 6. The zero-order valence-electron chi connectivity index (χ0n) is 16.8. The summed E-state index contributed by atoms with van der Waals surface area (Å²) in [5, 5.41) is 0. The lowest BCUT2D eigenvalue weighted by atomic mass is 10.1. The predicted molar refractivity (Wildman–Crippen MR) is 110 cm³/mol. The zero-order chi connectivity index (χ0) is 20.4. The van der Waals surface area contributed by atoms with Gasteiger partial charge in [0.25, 0.3) is 0 Å². The average molecular weight is 400 g/mol. The Labute approximate surface area is 169 Å². The van der Waals surface area contributed by atoms with E-state index in [2.05, 4.69) is 26.9 Å². The van der Waals surface area contributed by atoms with Crippen LogP contribution in [0.2, 0.25) is 0 Å². The van der Waals surface area contributed by atoms with Crippen molar-refractivity contribution in [2.75, 3.05) is 38.3 Å². The van der Waals surface area contributed by atoms with E-state index >= 15 is 0 Å². The van der Waals surface area contributed by atoms with Gasteiger partial charge in [-0.1, -0.05) is 30.3 Å². The van der Waals surface area contributed by atoms with E-state index in [0.29, 0.717) is 23.4 Å². The molecular formula is C22H26F2N4O. The Kier molecular flexibility index (Phi) is 5.78. The van der Waals surface area contributed by atoms with E-state index in [1.54, 1.807) is 18.2 Å². The maximum absolute atomic E-state index is 13.8. The monoisotopic (exact) mass is 400 g/mol. The molecule has 4 rings (SSSR count). The lowest BCUT2D eigenvalue weighted by Crippen LogP contribution is -2.37. The highest BCUT2D eigenvalue weighted by Crippen LogP contribution is 2.31. The highest BCUT2D eigenvalue weighted by atomic mass is 19.3. The fraction of sp³-hybridized carbons (Fsp3) is 0.409. The number of fused-ring (bicyclic) bond motifs is 1. The number of nitrogens with zero attached hydrogens (tertiary/aromatic N) is 4. The molecule has 0 N–H and O–H groups in total. The van der Waals surface area contributed by atoms with Crippen molar-refractivity contribution in [2.24, 2.45) is 0 Å². The van der Waals surface area contributed by atoms with Crippen molar-refractivity contribution in [1.29, 1.82) is 0 Å². The molecule has 1 aliphatic heterocycles. The quantitative estimate of drug-likeness (QED) is 0.612. The number of anilines is 1. The van der Waals surface area contributed by atoms with Gasteiger partial charge in [0.1, 0.15) is 5.82 Å². The highest BCUT2D eigenvalue weighted by molar-refractivity contribution is 5.76. The third-order valence-electron chi connectivity index (χ3n) is 5.62. The van der Waals surface area contributed by atoms with Gasteiger partial charge in [-0.3, -0.25) is 9.47 Å². The molecule has 1 aromatic heterocycles. The molecule has 5 nitrogen and oxygen atoms in total. The molecule has 0 saturated carbocycles. The van der Waals surface area contributed by atoms with Crippen LogP contribution in [0.25, 0.3) is 11.0 Å². The third kappa shape index (κ3) is 3.97. The number of hydrogen-bond acceptors (Lipinski definition) is 4. The van der Waals surface area contributed by atoms with Crippen molar-refractivity contribution in [3.63, 3.8) is 0 Å². The largest absolute Gasteiger partial charge is 0.378 e. The highest BCUT2D eigenvalue weighted by Gasteiger charge is 2.25. The van der Waals surface area contributed by atoms with Gasteiger partial charge in [0.15, 0.2) is 0 Å². The molecule has 1 fully saturated rings. The van der Waals surface area contributed by atoms with Gasteiger partial charge in [-0.05, 0) is 37.7 Å². The Bertz CT molecular complexity index is 968. The van der Waals surface area contributed by atoms with Gasteiger partial charge in [0.2, 0.25) is 0 Å². The van der Waals surface area contributed by atoms with E-state index in [0.717, 1.165) is 30.9 Å². The smallest absolute Gasteiger partial charge is 0.320 e. The number of morpholine rings is 1. The van der Waals surface area contributed by atoms with E-state index in [1.807, 2.05) is 32.2 Å². The standard InChI is InChI=1S/C22H26F2N4O/c1-16(21-25-18-8-4-6-10-20(18)28(21)22(23)24)26(2)15-17-7-3-5-9-19(17)27-11-13-29-14-12-27/h3-10,16,22H,11-15H2,1-2H3/t16-/m0/s1. The van der Waals surface area contributed by atoms with Crippen LogP contribution in [0.15, 0.2) is 48.5 Å². The number of ether oxygens (including phenoxy) is 1. The fourth-order valence-electron chi connectivity index (χ4n) is 3.92. The second-order valence-corrected chi connectivity index (χ2v) is 7.43. The number of alkyl halides is 2. The minimum atomic E-state index is -2.63. The Hall–Kier alpha value is -2.51. The number of benzene rings is 2. The summed E-state index contributed by atoms with van der Waals surface area (Å²) in [6.07, 6.45) is 0. The molecule has 0 amide bonds. The summed E-state index contributed by atoms with van der Waals surface area (Å²) in [6.45, 7) is 3.10. The van der Waals surface area contributed by atoms with E-state index in [1.165, 1.54) is 11.3 Å². The second-order valence-electron chi connectivity index (χ2n) is 7.43. The van der Waals surface area contributed by atoms with Gasteiger partial charge in [0.05, 0.1) is 30.3 Å². The topological polar surface area (TPSA) is 33.5 Å². The minimum Gasteiger partial charge on any atom is -0.378 e. The summed E-state index contributed by atoms with van der Waals surface area (Å²) in [6, 6.07) is 15.1. The maximum Gasteiger partial charge on any atom is 0.320 e. The summed E-state index contributed by atoms with van der Waals surface area (Å²) in [5.41, 5.74) is 3.41. The van der Waals surface area contributed by atoms with E-state index < -0.39 is 6.55 Å². The van der Waals surface area contributed by atoms with Crippen molar-refractivity contribution < 1.29 is 13.5 Å². The van der Waals surface area contributed by atoms with Crippen LogP contribution in [0.5, 0.6) is 0 Å². The second kappa shape index (κ2) is 8.47. The van der Waals surface area contributed by atoms with Gasteiger partial charge in [-0.2, -0.15) is 8.78 Å². The van der Waals surface area contributed by atoms with Crippen molar-refractivity contribution in [2.45, 2.75) is 26.1 Å². The molecule has 154 valence electrons. The van der Waals surface area contributed by atoms with Crippen LogP contribution in [-0.2, 0) is 11.3 Å². The van der Waals surface area contributed by atoms with Gasteiger partial charge in [0, 0.05) is 25.3 Å². The van der Waals surface area contributed by atoms with Crippen molar-refractivity contribution in [3.8, 4) is 0 Å². The fourth-order valence-corrected chi connectivity index (χ4v) is 3.92. The average Bonchev–Trinajstić information content (AvgIpc) is 3.14. The number of hydrogen-bond donors (Lipinski definition) is 0. The number of imidazole rings is 1. The molecule has 0 bridgehead atoms. The van der Waals surface area contributed by atoms with Gasteiger partial charge in [-0.25, -0.2) is 4.98 Å². The first kappa shape index (κ1) is 19.8. The molecule has 29 heavy (non-hydrogen) atoms. The van der Waals surface area contributed by atoms with Crippen molar-refractivity contribution in [3.05, 3.63) is 59.9 Å². The normalized spacial score (nSPS) is 16.1. The molecule has 0 spiro atoms. The third-order valence-corrected chi connectivity index (χ3v) is 5.62. The molecule has 3 aromatic rings. The molecule has 2 aromatic carbocycles. The predicted octanol–water partition coefficient (Wildman–Crippen LogP) is 4.46. The van der Waals surface area contributed by atoms with Crippen LogP contribution < -0.4 is 4.90 Å². The molecule has 0 unspecified atom stereocenters. The van der Waals surface area contributed by atoms with Crippen LogP contribution in [0.4, 0.5) is 14.5 Å². The van der Waals surface area contributed by atoms with Crippen molar-refractivity contribution in [1.82, 2.24) is 14.5 Å². The SMILES string of the molecule is C[C@@H](c1nc2ccccc2n1C(F)F)N(C)Cc1ccccc1N1CCOCC1.